The molecule has 10 nitrogen and oxygen atoms in total. The second-order valence-corrected chi connectivity index (χ2v) is 9.58. The van der Waals surface area contributed by atoms with Gasteiger partial charge in [-0.15, -0.1) is 0 Å². The number of nitrogens with zero attached hydrogens (tertiary/aromatic N) is 4. The zero-order valence-electron chi connectivity index (χ0n) is 21.7. The molecule has 0 fully saturated rings. The number of aliphatic hydroxyl groups excluding tert-OH is 1. The van der Waals surface area contributed by atoms with Gasteiger partial charge >= 0.3 is 6.03 Å². The molecule has 1 aromatic heterocycles. The number of carbonyl (C=O) groups is 2. The van der Waals surface area contributed by atoms with Crippen molar-refractivity contribution in [2.24, 2.45) is 5.92 Å². The Morgan fingerprint density at radius 3 is 2.63 bits per heavy atom. The minimum atomic E-state index is -0.390. The summed E-state index contributed by atoms with van der Waals surface area (Å²) in [6.07, 6.45) is -0.220. The zero-order chi connectivity index (χ0) is 25.9. The molecule has 0 spiro atoms. The molecule has 2 heterocycles. The number of likely N-dealkylation sites (N-methyl/N-ethyl adjacent to an activating group) is 1. The Morgan fingerprint density at radius 2 is 2.03 bits per heavy atom. The van der Waals surface area contributed by atoms with Gasteiger partial charge in [0.25, 0.3) is 0 Å². The van der Waals surface area contributed by atoms with E-state index in [0.29, 0.717) is 36.0 Å². The van der Waals surface area contributed by atoms with Crippen molar-refractivity contribution in [3.05, 3.63) is 35.2 Å². The first-order valence-corrected chi connectivity index (χ1v) is 11.8. The molecule has 3 amide bonds. The van der Waals surface area contributed by atoms with Crippen LogP contribution in [0.1, 0.15) is 30.9 Å². The number of aromatic nitrogens is 1. The van der Waals surface area contributed by atoms with Crippen LogP contribution >= 0.6 is 0 Å². The molecular formula is C25H37N5O5. The fourth-order valence-corrected chi connectivity index (χ4v) is 4.13. The van der Waals surface area contributed by atoms with Crippen LogP contribution in [0.2, 0.25) is 0 Å². The third kappa shape index (κ3) is 6.05. The lowest BCUT2D eigenvalue weighted by molar-refractivity contribution is -0.134. The number of carbonyl (C=O) groups excluding carboxylic acids is 2. The third-order valence-corrected chi connectivity index (χ3v) is 6.48. The van der Waals surface area contributed by atoms with Gasteiger partial charge in [-0.05, 0) is 39.0 Å². The quantitative estimate of drug-likeness (QED) is 0.644. The van der Waals surface area contributed by atoms with Crippen LogP contribution in [0.15, 0.2) is 22.7 Å². The second kappa shape index (κ2) is 11.0. The average Bonchev–Trinajstić information content (AvgIpc) is 3.15. The molecular weight excluding hydrogens is 450 g/mol. The molecule has 1 aromatic carbocycles. The minimum absolute atomic E-state index is 0.0655. The van der Waals surface area contributed by atoms with Crippen molar-refractivity contribution >= 4 is 23.3 Å². The predicted molar refractivity (Wildman–Crippen MR) is 134 cm³/mol. The van der Waals surface area contributed by atoms with Gasteiger partial charge in [-0.25, -0.2) is 4.79 Å². The van der Waals surface area contributed by atoms with Gasteiger partial charge in [-0.2, -0.15) is 0 Å². The van der Waals surface area contributed by atoms with Crippen LogP contribution < -0.4 is 15.0 Å². The Hall–Kier alpha value is -3.27. The van der Waals surface area contributed by atoms with E-state index in [1.165, 1.54) is 0 Å². The summed E-state index contributed by atoms with van der Waals surface area (Å²) in [4.78, 5) is 31.4. The first-order valence-electron chi connectivity index (χ1n) is 11.8. The lowest BCUT2D eigenvalue weighted by atomic mass is 10.0. The largest absolute Gasteiger partial charge is 0.488 e. The molecule has 0 radical (unpaired) electrons. The topological polar surface area (TPSA) is 111 Å². The Labute approximate surface area is 206 Å². The van der Waals surface area contributed by atoms with Crippen LogP contribution in [0.3, 0.4) is 0 Å². The van der Waals surface area contributed by atoms with Crippen molar-refractivity contribution < 1.29 is 24.0 Å². The van der Waals surface area contributed by atoms with Crippen LogP contribution in [-0.2, 0) is 11.2 Å². The summed E-state index contributed by atoms with van der Waals surface area (Å²) in [6, 6.07) is 5.15. The van der Waals surface area contributed by atoms with E-state index < -0.39 is 6.10 Å². The molecule has 2 N–H and O–H groups in total. The monoisotopic (exact) mass is 487 g/mol. The van der Waals surface area contributed by atoms with Gasteiger partial charge in [-0.3, -0.25) is 4.79 Å². The molecule has 0 aliphatic carbocycles. The molecule has 35 heavy (non-hydrogen) atoms. The SMILES string of the molecule is Cc1noc(C)c1NC(=O)N(C)C[C@H]1Oc2ccc(N(C)C)cc2CC(=O)N([C@H](C)CO)C[C@H]1C. The Kier molecular flexibility index (Phi) is 8.26. The van der Waals surface area contributed by atoms with Crippen molar-refractivity contribution in [2.45, 2.75) is 46.3 Å². The number of hydrogen-bond acceptors (Lipinski definition) is 7. The van der Waals surface area contributed by atoms with Crippen LogP contribution in [0.5, 0.6) is 5.75 Å². The molecule has 0 saturated carbocycles. The number of ether oxygens (including phenoxy) is 1. The highest BCUT2D eigenvalue weighted by molar-refractivity contribution is 5.90. The number of anilines is 2. The molecule has 0 bridgehead atoms. The number of urea groups is 1. The summed E-state index contributed by atoms with van der Waals surface area (Å²) in [5.74, 6) is 0.985. The maximum absolute atomic E-state index is 13.2. The first-order chi connectivity index (χ1) is 16.5. The van der Waals surface area contributed by atoms with Crippen LogP contribution in [0, 0.1) is 19.8 Å². The number of aliphatic hydroxyl groups is 1. The van der Waals surface area contributed by atoms with Crippen LogP contribution in [0.25, 0.3) is 0 Å². The summed E-state index contributed by atoms with van der Waals surface area (Å²) in [6.45, 7) is 7.90. The van der Waals surface area contributed by atoms with Crippen molar-refractivity contribution in [1.29, 1.82) is 0 Å². The van der Waals surface area contributed by atoms with E-state index in [1.807, 2.05) is 51.0 Å². The lowest BCUT2D eigenvalue weighted by Crippen LogP contribution is -2.48. The standard InChI is InChI=1S/C25H37N5O5/c1-15-12-30(16(2)14-31)23(32)11-19-10-20(28(5)6)8-9-21(19)34-22(15)13-29(7)25(33)26-24-17(3)27-35-18(24)4/h8-10,15-16,22,31H,11-14H2,1-7H3,(H,26,33)/t15-,16-,22-/m1/s1. The zero-order valence-corrected chi connectivity index (χ0v) is 21.7. The second-order valence-electron chi connectivity index (χ2n) is 9.58. The summed E-state index contributed by atoms with van der Waals surface area (Å²) in [7, 11) is 5.58. The van der Waals surface area contributed by atoms with E-state index in [0.717, 1.165) is 11.3 Å². The normalized spacial score (nSPS) is 19.1. The van der Waals surface area contributed by atoms with Gasteiger partial charge in [-0.1, -0.05) is 12.1 Å². The molecule has 2 aromatic rings. The molecule has 192 valence electrons. The van der Waals surface area contributed by atoms with Gasteiger partial charge < -0.3 is 34.4 Å². The Bertz CT molecular complexity index is 1030. The van der Waals surface area contributed by atoms with E-state index in [-0.39, 0.29) is 36.9 Å². The summed E-state index contributed by atoms with van der Waals surface area (Å²) >= 11 is 0. The summed E-state index contributed by atoms with van der Waals surface area (Å²) in [5, 5.41) is 16.5. The van der Waals surface area contributed by atoms with Crippen molar-refractivity contribution in [2.75, 3.05) is 51.1 Å². The van der Waals surface area contributed by atoms with E-state index in [1.54, 1.807) is 30.7 Å². The Morgan fingerprint density at radius 1 is 1.31 bits per heavy atom. The van der Waals surface area contributed by atoms with Gasteiger partial charge in [0.2, 0.25) is 5.91 Å². The van der Waals surface area contributed by atoms with Crippen LogP contribution in [-0.4, -0.2) is 85.0 Å². The van der Waals surface area contributed by atoms with E-state index in [9.17, 15) is 14.7 Å². The highest BCUT2D eigenvalue weighted by atomic mass is 16.5. The first kappa shape index (κ1) is 26.3. The number of hydrogen-bond donors (Lipinski definition) is 2. The van der Waals surface area contributed by atoms with Crippen LogP contribution in [0.4, 0.5) is 16.2 Å². The number of nitrogens with one attached hydrogen (secondary N) is 1. The van der Waals surface area contributed by atoms with Crippen molar-refractivity contribution in [3.63, 3.8) is 0 Å². The third-order valence-electron chi connectivity index (χ3n) is 6.48. The maximum atomic E-state index is 13.2. The van der Waals surface area contributed by atoms with E-state index in [4.69, 9.17) is 9.26 Å². The van der Waals surface area contributed by atoms with Gasteiger partial charge in [0.05, 0.1) is 25.6 Å². The fourth-order valence-electron chi connectivity index (χ4n) is 4.13. The smallest absolute Gasteiger partial charge is 0.321 e. The highest BCUT2D eigenvalue weighted by Crippen LogP contribution is 2.30. The maximum Gasteiger partial charge on any atom is 0.321 e. The molecule has 3 rings (SSSR count). The van der Waals surface area contributed by atoms with Crippen molar-refractivity contribution in [1.82, 2.24) is 15.0 Å². The molecule has 1 aliphatic heterocycles. The minimum Gasteiger partial charge on any atom is -0.488 e. The molecule has 0 saturated heterocycles. The highest BCUT2D eigenvalue weighted by Gasteiger charge is 2.32. The van der Waals surface area contributed by atoms with Gasteiger partial charge in [0.1, 0.15) is 23.2 Å². The molecule has 10 heteroatoms. The molecule has 0 unspecified atom stereocenters. The number of amides is 3. The molecule has 3 atom stereocenters. The number of fused-ring (bicyclic) bond motifs is 1. The van der Waals surface area contributed by atoms with Crippen molar-refractivity contribution in [3.8, 4) is 5.75 Å². The predicted octanol–water partition coefficient (Wildman–Crippen LogP) is 2.67. The lowest BCUT2D eigenvalue weighted by Gasteiger charge is -2.34. The fraction of sp³-hybridized carbons (Fsp3) is 0.560. The number of benzene rings is 1. The summed E-state index contributed by atoms with van der Waals surface area (Å²) < 4.78 is 11.6. The van der Waals surface area contributed by atoms with Gasteiger partial charge in [0, 0.05) is 44.9 Å². The summed E-state index contributed by atoms with van der Waals surface area (Å²) in [5.41, 5.74) is 2.90. The average molecular weight is 488 g/mol. The molecule has 1 aliphatic rings. The van der Waals surface area contributed by atoms with E-state index >= 15 is 0 Å². The van der Waals surface area contributed by atoms with Gasteiger partial charge in [0.15, 0.2) is 5.76 Å². The Balaban J connectivity index is 1.89. The van der Waals surface area contributed by atoms with E-state index in [2.05, 4.69) is 10.5 Å². The number of rotatable bonds is 6. The number of aryl methyl sites for hydroxylation is 2.